The van der Waals surface area contributed by atoms with Crippen molar-refractivity contribution in [1.82, 2.24) is 4.98 Å². The number of halogens is 4. The number of hydrogen-bond acceptors (Lipinski definition) is 2. The third-order valence-electron chi connectivity index (χ3n) is 3.54. The number of hydrogen-bond donors (Lipinski definition) is 0. The minimum absolute atomic E-state index is 0.255. The SMILES string of the molecule is N#CCc1cnc(-c2cc(Cl)cc(Cl)c2)c(-c2cc(Cl)cc(Cl)c2)c1. The Bertz CT molecular complexity index is 953. The lowest BCUT2D eigenvalue weighted by molar-refractivity contribution is 1.19. The Morgan fingerprint density at radius 2 is 1.28 bits per heavy atom. The molecule has 0 aliphatic rings. The van der Waals surface area contributed by atoms with Gasteiger partial charge < -0.3 is 0 Å². The summed E-state index contributed by atoms with van der Waals surface area (Å²) in [5.74, 6) is 0. The Hall–Kier alpha value is -1.76. The monoisotopic (exact) mass is 406 g/mol. The van der Waals surface area contributed by atoms with Crippen LogP contribution in [0.15, 0.2) is 48.7 Å². The molecule has 25 heavy (non-hydrogen) atoms. The number of nitriles is 1. The van der Waals surface area contributed by atoms with Crippen molar-refractivity contribution in [3.05, 3.63) is 74.3 Å². The first-order valence-corrected chi connectivity index (χ1v) is 8.76. The smallest absolute Gasteiger partial charge is 0.0781 e. The summed E-state index contributed by atoms with van der Waals surface area (Å²) in [6.45, 7) is 0. The molecule has 3 aromatic rings. The van der Waals surface area contributed by atoms with Crippen molar-refractivity contribution in [2.45, 2.75) is 6.42 Å². The molecule has 0 aliphatic heterocycles. The van der Waals surface area contributed by atoms with Crippen molar-refractivity contribution >= 4 is 46.4 Å². The average molecular weight is 408 g/mol. The van der Waals surface area contributed by atoms with Gasteiger partial charge in [0, 0.05) is 37.4 Å². The summed E-state index contributed by atoms with van der Waals surface area (Å²) < 4.78 is 0. The van der Waals surface area contributed by atoms with Crippen LogP contribution in [-0.4, -0.2) is 4.98 Å². The normalized spacial score (nSPS) is 10.5. The van der Waals surface area contributed by atoms with Gasteiger partial charge in [-0.3, -0.25) is 4.98 Å². The van der Waals surface area contributed by atoms with Crippen LogP contribution in [0.1, 0.15) is 5.56 Å². The minimum atomic E-state index is 0.255. The van der Waals surface area contributed by atoms with Gasteiger partial charge in [0.25, 0.3) is 0 Å². The Kier molecular flexibility index (Phi) is 5.51. The molecule has 0 saturated carbocycles. The van der Waals surface area contributed by atoms with E-state index in [0.29, 0.717) is 25.8 Å². The van der Waals surface area contributed by atoms with Crippen LogP contribution in [0.4, 0.5) is 0 Å². The molecular formula is C19H10Cl4N2. The van der Waals surface area contributed by atoms with E-state index in [-0.39, 0.29) is 6.42 Å². The van der Waals surface area contributed by atoms with Crippen LogP contribution >= 0.6 is 46.4 Å². The molecular weight excluding hydrogens is 398 g/mol. The van der Waals surface area contributed by atoms with Crippen molar-refractivity contribution in [2.75, 3.05) is 0 Å². The number of pyridine rings is 1. The summed E-state index contributed by atoms with van der Waals surface area (Å²) in [4.78, 5) is 4.53. The highest BCUT2D eigenvalue weighted by molar-refractivity contribution is 6.35. The first kappa shape index (κ1) is 18.0. The summed E-state index contributed by atoms with van der Waals surface area (Å²) >= 11 is 24.6. The van der Waals surface area contributed by atoms with E-state index >= 15 is 0 Å². The topological polar surface area (TPSA) is 36.7 Å². The first-order valence-electron chi connectivity index (χ1n) is 7.25. The van der Waals surface area contributed by atoms with Gasteiger partial charge in [-0.1, -0.05) is 46.4 Å². The van der Waals surface area contributed by atoms with Crippen molar-refractivity contribution in [3.63, 3.8) is 0 Å². The summed E-state index contributed by atoms with van der Waals surface area (Å²) in [6.07, 6.45) is 1.92. The van der Waals surface area contributed by atoms with Gasteiger partial charge in [-0.05, 0) is 53.6 Å². The van der Waals surface area contributed by atoms with E-state index < -0.39 is 0 Å². The molecule has 0 radical (unpaired) electrons. The highest BCUT2D eigenvalue weighted by atomic mass is 35.5. The van der Waals surface area contributed by atoms with Crippen molar-refractivity contribution in [3.8, 4) is 28.5 Å². The summed E-state index contributed by atoms with van der Waals surface area (Å²) in [6, 6.07) is 14.5. The molecule has 124 valence electrons. The Morgan fingerprint density at radius 1 is 0.760 bits per heavy atom. The predicted octanol–water partition coefficient (Wildman–Crippen LogP) is 7.10. The fourth-order valence-electron chi connectivity index (χ4n) is 2.55. The van der Waals surface area contributed by atoms with Gasteiger partial charge in [-0.2, -0.15) is 5.26 Å². The van der Waals surface area contributed by atoms with Crippen LogP contribution < -0.4 is 0 Å². The number of nitrogens with zero attached hydrogens (tertiary/aromatic N) is 2. The molecule has 0 aliphatic carbocycles. The molecule has 0 fully saturated rings. The molecule has 2 nitrogen and oxygen atoms in total. The average Bonchev–Trinajstić information content (AvgIpc) is 2.53. The number of rotatable bonds is 3. The Labute approximate surface area is 165 Å². The third kappa shape index (κ3) is 4.26. The van der Waals surface area contributed by atoms with Crippen LogP contribution in [0, 0.1) is 11.3 Å². The third-order valence-corrected chi connectivity index (χ3v) is 4.41. The molecule has 0 bridgehead atoms. The van der Waals surface area contributed by atoms with E-state index in [1.807, 2.05) is 6.07 Å². The zero-order valence-corrected chi connectivity index (χ0v) is 15.8. The molecule has 0 N–H and O–H groups in total. The fourth-order valence-corrected chi connectivity index (χ4v) is 3.60. The van der Waals surface area contributed by atoms with E-state index in [1.54, 1.807) is 42.6 Å². The second-order valence-electron chi connectivity index (χ2n) is 5.39. The summed E-state index contributed by atoms with van der Waals surface area (Å²) in [5.41, 5.74) is 3.85. The maximum absolute atomic E-state index is 8.97. The van der Waals surface area contributed by atoms with Gasteiger partial charge in [0.2, 0.25) is 0 Å². The zero-order valence-electron chi connectivity index (χ0n) is 12.7. The lowest BCUT2D eigenvalue weighted by atomic mass is 9.97. The van der Waals surface area contributed by atoms with E-state index in [4.69, 9.17) is 51.7 Å². The molecule has 0 amide bonds. The molecule has 2 aromatic carbocycles. The lowest BCUT2D eigenvalue weighted by Crippen LogP contribution is -1.94. The van der Waals surface area contributed by atoms with Crippen molar-refractivity contribution in [1.29, 1.82) is 5.26 Å². The first-order chi connectivity index (χ1) is 12.0. The number of benzene rings is 2. The van der Waals surface area contributed by atoms with Crippen LogP contribution in [0.3, 0.4) is 0 Å². The zero-order chi connectivity index (χ0) is 18.0. The summed E-state index contributed by atoms with van der Waals surface area (Å²) in [5, 5.41) is 11.0. The fraction of sp³-hybridized carbons (Fsp3) is 0.0526. The Morgan fingerprint density at radius 3 is 1.80 bits per heavy atom. The molecule has 0 unspecified atom stereocenters. The van der Waals surface area contributed by atoms with Gasteiger partial charge >= 0.3 is 0 Å². The van der Waals surface area contributed by atoms with E-state index in [0.717, 1.165) is 22.3 Å². The highest BCUT2D eigenvalue weighted by Gasteiger charge is 2.13. The molecule has 0 atom stereocenters. The van der Waals surface area contributed by atoms with E-state index in [1.165, 1.54) is 0 Å². The van der Waals surface area contributed by atoms with Crippen molar-refractivity contribution in [2.24, 2.45) is 0 Å². The van der Waals surface area contributed by atoms with Gasteiger partial charge in [-0.25, -0.2) is 0 Å². The van der Waals surface area contributed by atoms with Gasteiger partial charge in [-0.15, -0.1) is 0 Å². The van der Waals surface area contributed by atoms with E-state index in [2.05, 4.69) is 11.1 Å². The predicted molar refractivity (Wildman–Crippen MR) is 104 cm³/mol. The standard InChI is InChI=1S/C19H10Cl4N2/c20-14-4-12(5-15(21)8-14)18-3-11(1-2-24)10-25-19(18)13-6-16(22)9-17(23)7-13/h3-10H,1H2. The quantitative estimate of drug-likeness (QED) is 0.464. The van der Waals surface area contributed by atoms with Crippen LogP contribution in [-0.2, 0) is 6.42 Å². The van der Waals surface area contributed by atoms with E-state index in [9.17, 15) is 0 Å². The van der Waals surface area contributed by atoms with Crippen LogP contribution in [0.5, 0.6) is 0 Å². The molecule has 6 heteroatoms. The molecule has 0 spiro atoms. The van der Waals surface area contributed by atoms with Gasteiger partial charge in [0.15, 0.2) is 0 Å². The molecule has 1 aromatic heterocycles. The molecule has 0 saturated heterocycles. The van der Waals surface area contributed by atoms with Gasteiger partial charge in [0.1, 0.15) is 0 Å². The van der Waals surface area contributed by atoms with Crippen LogP contribution in [0.2, 0.25) is 20.1 Å². The maximum atomic E-state index is 8.97. The lowest BCUT2D eigenvalue weighted by Gasteiger charge is -2.12. The second kappa shape index (κ2) is 7.64. The summed E-state index contributed by atoms with van der Waals surface area (Å²) in [7, 11) is 0. The van der Waals surface area contributed by atoms with Crippen LogP contribution in [0.25, 0.3) is 22.4 Å². The largest absolute Gasteiger partial charge is 0.255 e. The molecule has 1 heterocycles. The maximum Gasteiger partial charge on any atom is 0.0781 e. The second-order valence-corrected chi connectivity index (χ2v) is 7.14. The highest BCUT2D eigenvalue weighted by Crippen LogP contribution is 2.36. The van der Waals surface area contributed by atoms with Gasteiger partial charge in [0.05, 0.1) is 18.2 Å². The number of aromatic nitrogens is 1. The molecule has 3 rings (SSSR count). The Balaban J connectivity index is 2.26. The minimum Gasteiger partial charge on any atom is -0.255 e. The van der Waals surface area contributed by atoms with Crippen molar-refractivity contribution < 1.29 is 0 Å².